The minimum Gasteiger partial charge on any atom is -0.492 e. The maximum atomic E-state index is 5.82. The summed E-state index contributed by atoms with van der Waals surface area (Å²) in [6.45, 7) is 3.02. The van der Waals surface area contributed by atoms with Gasteiger partial charge in [0.2, 0.25) is 0 Å². The van der Waals surface area contributed by atoms with Crippen molar-refractivity contribution in [3.63, 3.8) is 0 Å². The second-order valence-electron chi connectivity index (χ2n) is 4.05. The molecule has 0 unspecified atom stereocenters. The van der Waals surface area contributed by atoms with E-state index in [1.54, 1.807) is 6.07 Å². The first-order chi connectivity index (χ1) is 9.19. The van der Waals surface area contributed by atoms with Crippen molar-refractivity contribution < 1.29 is 9.47 Å². The van der Waals surface area contributed by atoms with E-state index in [1.807, 2.05) is 43.3 Å². The highest BCUT2D eigenvalue weighted by molar-refractivity contribution is 9.10. The summed E-state index contributed by atoms with van der Waals surface area (Å²) < 4.78 is 12.2. The number of benzene rings is 2. The van der Waals surface area contributed by atoms with Crippen LogP contribution in [0.1, 0.15) is 12.5 Å². The molecular weight excluding hydrogens is 306 g/mol. The van der Waals surface area contributed by atoms with Gasteiger partial charge < -0.3 is 15.2 Å². The van der Waals surface area contributed by atoms with Gasteiger partial charge in [0.25, 0.3) is 0 Å². The first-order valence-electron chi connectivity index (χ1n) is 6.08. The molecule has 4 heteroatoms. The molecule has 0 amide bonds. The van der Waals surface area contributed by atoms with Crippen molar-refractivity contribution in [2.75, 3.05) is 12.3 Å². The fourth-order valence-corrected chi connectivity index (χ4v) is 2.13. The number of rotatable bonds is 5. The highest BCUT2D eigenvalue weighted by atomic mass is 79.9. The van der Waals surface area contributed by atoms with Crippen molar-refractivity contribution in [1.82, 2.24) is 0 Å². The Morgan fingerprint density at radius 2 is 1.95 bits per heavy atom. The van der Waals surface area contributed by atoms with Crippen molar-refractivity contribution in [3.8, 4) is 11.5 Å². The van der Waals surface area contributed by atoms with E-state index in [0.29, 0.717) is 24.7 Å². The zero-order chi connectivity index (χ0) is 13.7. The zero-order valence-corrected chi connectivity index (χ0v) is 12.3. The molecule has 0 saturated heterocycles. The van der Waals surface area contributed by atoms with Gasteiger partial charge in [0.1, 0.15) is 18.1 Å². The average Bonchev–Trinajstić information content (AvgIpc) is 2.40. The predicted molar refractivity (Wildman–Crippen MR) is 80.5 cm³/mol. The summed E-state index contributed by atoms with van der Waals surface area (Å²) in [6.07, 6.45) is 0. The monoisotopic (exact) mass is 321 g/mol. The number of anilines is 1. The van der Waals surface area contributed by atoms with Gasteiger partial charge in [-0.1, -0.05) is 28.1 Å². The van der Waals surface area contributed by atoms with Crippen LogP contribution in [-0.2, 0) is 6.61 Å². The highest BCUT2D eigenvalue weighted by Gasteiger charge is 2.03. The molecule has 0 aliphatic carbocycles. The Morgan fingerprint density at radius 3 is 2.68 bits per heavy atom. The van der Waals surface area contributed by atoms with Crippen molar-refractivity contribution in [1.29, 1.82) is 0 Å². The second kappa shape index (κ2) is 6.48. The van der Waals surface area contributed by atoms with Crippen LogP contribution in [0, 0.1) is 0 Å². The van der Waals surface area contributed by atoms with Crippen molar-refractivity contribution in [2.24, 2.45) is 0 Å². The molecule has 0 radical (unpaired) electrons. The van der Waals surface area contributed by atoms with Crippen molar-refractivity contribution in [3.05, 3.63) is 52.5 Å². The molecule has 2 aromatic carbocycles. The van der Waals surface area contributed by atoms with Crippen LogP contribution in [0.25, 0.3) is 0 Å². The van der Waals surface area contributed by atoms with E-state index in [9.17, 15) is 0 Å². The molecule has 0 aromatic heterocycles. The molecule has 0 bridgehead atoms. The molecule has 0 spiro atoms. The Bertz CT molecular complexity index is 558. The molecular formula is C15H16BrNO2. The first kappa shape index (κ1) is 13.7. The normalized spacial score (nSPS) is 10.2. The SMILES string of the molecule is CCOc1cc(OCc2cccc(Br)c2)ccc1N. The van der Waals surface area contributed by atoms with Gasteiger partial charge >= 0.3 is 0 Å². The molecule has 0 aliphatic rings. The third kappa shape index (κ3) is 3.89. The van der Waals surface area contributed by atoms with Gasteiger partial charge in [0.15, 0.2) is 0 Å². The molecule has 0 aliphatic heterocycles. The molecule has 0 atom stereocenters. The summed E-state index contributed by atoms with van der Waals surface area (Å²) in [5.41, 5.74) is 7.54. The van der Waals surface area contributed by atoms with Gasteiger partial charge in [0, 0.05) is 10.5 Å². The molecule has 2 rings (SSSR count). The predicted octanol–water partition coefficient (Wildman–Crippen LogP) is 4.01. The maximum absolute atomic E-state index is 5.82. The maximum Gasteiger partial charge on any atom is 0.145 e. The van der Waals surface area contributed by atoms with Gasteiger partial charge in [-0.3, -0.25) is 0 Å². The Morgan fingerprint density at radius 1 is 1.11 bits per heavy atom. The number of ether oxygens (including phenoxy) is 2. The van der Waals surface area contributed by atoms with Crippen LogP contribution in [0.5, 0.6) is 11.5 Å². The number of nitrogen functional groups attached to an aromatic ring is 1. The lowest BCUT2D eigenvalue weighted by Gasteiger charge is -2.11. The van der Waals surface area contributed by atoms with Gasteiger partial charge in [-0.2, -0.15) is 0 Å². The van der Waals surface area contributed by atoms with Gasteiger partial charge in [-0.25, -0.2) is 0 Å². The minimum absolute atomic E-state index is 0.509. The van der Waals surface area contributed by atoms with Crippen LogP contribution in [0.15, 0.2) is 46.9 Å². The second-order valence-corrected chi connectivity index (χ2v) is 4.97. The summed E-state index contributed by atoms with van der Waals surface area (Å²) in [7, 11) is 0. The molecule has 100 valence electrons. The van der Waals surface area contributed by atoms with E-state index in [1.165, 1.54) is 0 Å². The standard InChI is InChI=1S/C15H16BrNO2/c1-2-18-15-9-13(6-7-14(15)17)19-10-11-4-3-5-12(16)8-11/h3-9H,2,10,17H2,1H3. The summed E-state index contributed by atoms with van der Waals surface area (Å²) in [6, 6.07) is 13.5. The average molecular weight is 322 g/mol. The molecule has 2 N–H and O–H groups in total. The summed E-state index contributed by atoms with van der Waals surface area (Å²) in [5.74, 6) is 1.41. The fourth-order valence-electron chi connectivity index (χ4n) is 1.68. The number of halogens is 1. The fraction of sp³-hybridized carbons (Fsp3) is 0.200. The van der Waals surface area contributed by atoms with Crippen LogP contribution in [0.2, 0.25) is 0 Å². The number of hydrogen-bond acceptors (Lipinski definition) is 3. The molecule has 2 aromatic rings. The lowest BCUT2D eigenvalue weighted by atomic mass is 10.2. The topological polar surface area (TPSA) is 44.5 Å². The minimum atomic E-state index is 0.509. The lowest BCUT2D eigenvalue weighted by molar-refractivity contribution is 0.300. The van der Waals surface area contributed by atoms with E-state index < -0.39 is 0 Å². The summed E-state index contributed by atoms with van der Waals surface area (Å²) in [4.78, 5) is 0. The molecule has 0 heterocycles. The molecule has 3 nitrogen and oxygen atoms in total. The van der Waals surface area contributed by atoms with E-state index in [4.69, 9.17) is 15.2 Å². The highest BCUT2D eigenvalue weighted by Crippen LogP contribution is 2.27. The van der Waals surface area contributed by atoms with Crippen LogP contribution >= 0.6 is 15.9 Å². The third-order valence-corrected chi connectivity index (χ3v) is 3.07. The van der Waals surface area contributed by atoms with Crippen molar-refractivity contribution in [2.45, 2.75) is 13.5 Å². The van der Waals surface area contributed by atoms with E-state index in [-0.39, 0.29) is 0 Å². The Kier molecular flexibility index (Phi) is 4.68. The largest absolute Gasteiger partial charge is 0.492 e. The lowest BCUT2D eigenvalue weighted by Crippen LogP contribution is -1.99. The zero-order valence-electron chi connectivity index (χ0n) is 10.7. The van der Waals surface area contributed by atoms with E-state index in [2.05, 4.69) is 15.9 Å². The van der Waals surface area contributed by atoms with Crippen LogP contribution in [-0.4, -0.2) is 6.61 Å². The van der Waals surface area contributed by atoms with E-state index in [0.717, 1.165) is 15.8 Å². The molecule has 0 saturated carbocycles. The van der Waals surface area contributed by atoms with Crippen LogP contribution in [0.4, 0.5) is 5.69 Å². The van der Waals surface area contributed by atoms with Gasteiger partial charge in [0.05, 0.1) is 12.3 Å². The van der Waals surface area contributed by atoms with Crippen molar-refractivity contribution >= 4 is 21.6 Å². The number of hydrogen-bond donors (Lipinski definition) is 1. The third-order valence-electron chi connectivity index (χ3n) is 2.58. The van der Waals surface area contributed by atoms with Gasteiger partial charge in [-0.05, 0) is 36.8 Å². The Labute approximate surface area is 121 Å². The van der Waals surface area contributed by atoms with Gasteiger partial charge in [-0.15, -0.1) is 0 Å². The van der Waals surface area contributed by atoms with Crippen LogP contribution in [0.3, 0.4) is 0 Å². The molecule has 0 fully saturated rings. The molecule has 19 heavy (non-hydrogen) atoms. The Balaban J connectivity index is 2.05. The Hall–Kier alpha value is -1.68. The number of nitrogens with two attached hydrogens (primary N) is 1. The van der Waals surface area contributed by atoms with Crippen LogP contribution < -0.4 is 15.2 Å². The quantitative estimate of drug-likeness (QED) is 0.846. The summed E-state index contributed by atoms with van der Waals surface area (Å²) in [5, 5.41) is 0. The first-order valence-corrected chi connectivity index (χ1v) is 6.88. The van der Waals surface area contributed by atoms with E-state index >= 15 is 0 Å². The summed E-state index contributed by atoms with van der Waals surface area (Å²) >= 11 is 3.44. The smallest absolute Gasteiger partial charge is 0.145 e.